The van der Waals surface area contributed by atoms with Gasteiger partial charge in [-0.2, -0.15) is 4.80 Å². The average Bonchev–Trinajstić information content (AvgIpc) is 2.88. The number of aromatic nitrogens is 4. The van der Waals surface area contributed by atoms with Gasteiger partial charge in [0.05, 0.1) is 20.3 Å². The first kappa shape index (κ1) is 13.3. The van der Waals surface area contributed by atoms with Gasteiger partial charge in [0, 0.05) is 5.56 Å². The minimum Gasteiger partial charge on any atom is -0.493 e. The Hall–Kier alpha value is -2.11. The maximum atomic E-state index is 5.54. The van der Waals surface area contributed by atoms with Gasteiger partial charge in [-0.3, -0.25) is 0 Å². The van der Waals surface area contributed by atoms with Crippen molar-refractivity contribution in [2.24, 2.45) is 0 Å². The highest BCUT2D eigenvalue weighted by Crippen LogP contribution is 2.31. The number of benzene rings is 1. The third-order valence-electron chi connectivity index (χ3n) is 2.60. The lowest BCUT2D eigenvalue weighted by molar-refractivity contribution is 0.311. The first-order chi connectivity index (χ1) is 9.28. The van der Waals surface area contributed by atoms with E-state index in [1.165, 1.54) is 0 Å². The second-order valence-corrected chi connectivity index (χ2v) is 4.01. The summed E-state index contributed by atoms with van der Waals surface area (Å²) in [5.74, 6) is 1.98. The van der Waals surface area contributed by atoms with Crippen molar-refractivity contribution >= 4 is 0 Å². The summed E-state index contributed by atoms with van der Waals surface area (Å²) in [4.78, 5) is 1.60. The molecule has 1 heterocycles. The molecule has 6 heteroatoms. The molecular formula is C13H18N4O2. The van der Waals surface area contributed by atoms with Crippen molar-refractivity contribution < 1.29 is 9.47 Å². The van der Waals surface area contributed by atoms with Crippen LogP contribution in [-0.2, 0) is 6.54 Å². The van der Waals surface area contributed by atoms with E-state index in [1.807, 2.05) is 25.1 Å². The lowest BCUT2D eigenvalue weighted by atomic mass is 10.2. The van der Waals surface area contributed by atoms with E-state index in [-0.39, 0.29) is 0 Å². The van der Waals surface area contributed by atoms with Crippen LogP contribution in [-0.4, -0.2) is 33.9 Å². The van der Waals surface area contributed by atoms with Crippen LogP contribution < -0.4 is 9.47 Å². The minimum absolute atomic E-state index is 0.579. The number of methoxy groups -OCH3 is 1. The first-order valence-corrected chi connectivity index (χ1v) is 6.37. The van der Waals surface area contributed by atoms with Crippen molar-refractivity contribution in [2.75, 3.05) is 13.7 Å². The maximum Gasteiger partial charge on any atom is 0.205 e. The van der Waals surface area contributed by atoms with Gasteiger partial charge in [-0.1, -0.05) is 6.92 Å². The molecule has 2 rings (SSSR count). The Labute approximate surface area is 112 Å². The van der Waals surface area contributed by atoms with E-state index >= 15 is 0 Å². The predicted molar refractivity (Wildman–Crippen MR) is 71.3 cm³/mol. The summed E-state index contributed by atoms with van der Waals surface area (Å²) in [6.07, 6.45) is 0.975. The lowest BCUT2D eigenvalue weighted by Crippen LogP contribution is -2.01. The average molecular weight is 262 g/mol. The molecule has 0 amide bonds. The molecule has 0 atom stereocenters. The summed E-state index contributed by atoms with van der Waals surface area (Å²) in [5, 5.41) is 12.4. The number of nitrogens with zero attached hydrogens (tertiary/aromatic N) is 4. The standard InChI is InChI=1S/C13H18N4O2/c1-4-8-17-15-13(14-16-17)10-6-7-11(18-3)12(9-10)19-5-2/h6-7,9H,4-5,8H2,1-3H3. The molecule has 0 aliphatic heterocycles. The Morgan fingerprint density at radius 2 is 2.05 bits per heavy atom. The number of rotatable bonds is 6. The molecule has 0 unspecified atom stereocenters. The summed E-state index contributed by atoms with van der Waals surface area (Å²) in [6.45, 7) is 5.35. The predicted octanol–water partition coefficient (Wildman–Crippen LogP) is 2.16. The van der Waals surface area contributed by atoms with E-state index in [0.29, 0.717) is 23.9 Å². The molecule has 0 spiro atoms. The molecule has 19 heavy (non-hydrogen) atoms. The van der Waals surface area contributed by atoms with Crippen LogP contribution in [0.2, 0.25) is 0 Å². The molecule has 2 aromatic rings. The minimum atomic E-state index is 0.579. The van der Waals surface area contributed by atoms with Crippen LogP contribution in [0.25, 0.3) is 11.4 Å². The van der Waals surface area contributed by atoms with Crippen LogP contribution in [0, 0.1) is 0 Å². The third kappa shape index (κ3) is 3.01. The Morgan fingerprint density at radius 1 is 1.21 bits per heavy atom. The van der Waals surface area contributed by atoms with Gasteiger partial charge in [-0.25, -0.2) is 0 Å². The Balaban J connectivity index is 2.30. The molecule has 102 valence electrons. The van der Waals surface area contributed by atoms with E-state index in [9.17, 15) is 0 Å². The summed E-state index contributed by atoms with van der Waals surface area (Å²) < 4.78 is 10.8. The Kier molecular flexibility index (Phi) is 4.33. The Morgan fingerprint density at radius 3 is 2.74 bits per heavy atom. The first-order valence-electron chi connectivity index (χ1n) is 6.37. The number of aryl methyl sites for hydroxylation is 1. The summed E-state index contributed by atoms with van der Waals surface area (Å²) in [7, 11) is 1.62. The molecule has 0 N–H and O–H groups in total. The second kappa shape index (κ2) is 6.17. The van der Waals surface area contributed by atoms with Crippen LogP contribution in [0.4, 0.5) is 0 Å². The van der Waals surface area contributed by atoms with Crippen LogP contribution in [0.3, 0.4) is 0 Å². The van der Waals surface area contributed by atoms with Gasteiger partial charge < -0.3 is 9.47 Å². The molecule has 0 radical (unpaired) electrons. The van der Waals surface area contributed by atoms with E-state index in [2.05, 4.69) is 22.3 Å². The van der Waals surface area contributed by atoms with Crippen molar-refractivity contribution in [3.05, 3.63) is 18.2 Å². The molecule has 0 aliphatic rings. The normalized spacial score (nSPS) is 10.5. The fourth-order valence-electron chi connectivity index (χ4n) is 1.74. The molecule has 0 saturated heterocycles. The quantitative estimate of drug-likeness (QED) is 0.798. The van der Waals surface area contributed by atoms with Gasteiger partial charge in [0.2, 0.25) is 5.82 Å². The van der Waals surface area contributed by atoms with E-state index < -0.39 is 0 Å². The number of tetrazole rings is 1. The van der Waals surface area contributed by atoms with Gasteiger partial charge in [0.25, 0.3) is 0 Å². The SMILES string of the molecule is CCCn1nnc(-c2ccc(OC)c(OCC)c2)n1. The smallest absolute Gasteiger partial charge is 0.205 e. The molecule has 0 saturated carbocycles. The topological polar surface area (TPSA) is 62.1 Å². The molecule has 6 nitrogen and oxygen atoms in total. The molecular weight excluding hydrogens is 244 g/mol. The number of hydrogen-bond donors (Lipinski definition) is 0. The van der Waals surface area contributed by atoms with Gasteiger partial charge in [-0.15, -0.1) is 10.2 Å². The Bertz CT molecular complexity index is 539. The number of hydrogen-bond acceptors (Lipinski definition) is 5. The summed E-state index contributed by atoms with van der Waals surface area (Å²) in [6, 6.07) is 5.62. The maximum absolute atomic E-state index is 5.54. The third-order valence-corrected chi connectivity index (χ3v) is 2.60. The van der Waals surface area contributed by atoms with Crippen molar-refractivity contribution in [2.45, 2.75) is 26.8 Å². The van der Waals surface area contributed by atoms with Crippen molar-refractivity contribution in [1.82, 2.24) is 20.2 Å². The zero-order valence-corrected chi connectivity index (χ0v) is 11.5. The van der Waals surface area contributed by atoms with Crippen LogP contribution in [0.1, 0.15) is 20.3 Å². The molecule has 0 bridgehead atoms. The monoisotopic (exact) mass is 262 g/mol. The molecule has 0 fully saturated rings. The molecule has 1 aromatic carbocycles. The van der Waals surface area contributed by atoms with Crippen molar-refractivity contribution in [3.63, 3.8) is 0 Å². The molecule has 1 aromatic heterocycles. The van der Waals surface area contributed by atoms with E-state index in [1.54, 1.807) is 11.9 Å². The van der Waals surface area contributed by atoms with Gasteiger partial charge in [-0.05, 0) is 36.8 Å². The fourth-order valence-corrected chi connectivity index (χ4v) is 1.74. The van der Waals surface area contributed by atoms with Gasteiger partial charge in [0.1, 0.15) is 0 Å². The lowest BCUT2D eigenvalue weighted by Gasteiger charge is -2.09. The summed E-state index contributed by atoms with van der Waals surface area (Å²) >= 11 is 0. The highest BCUT2D eigenvalue weighted by molar-refractivity contribution is 5.60. The molecule has 0 aliphatic carbocycles. The zero-order chi connectivity index (χ0) is 13.7. The van der Waals surface area contributed by atoms with Gasteiger partial charge >= 0.3 is 0 Å². The van der Waals surface area contributed by atoms with E-state index in [0.717, 1.165) is 18.5 Å². The largest absolute Gasteiger partial charge is 0.493 e. The highest BCUT2D eigenvalue weighted by Gasteiger charge is 2.10. The number of ether oxygens (including phenoxy) is 2. The zero-order valence-electron chi connectivity index (χ0n) is 11.5. The van der Waals surface area contributed by atoms with Gasteiger partial charge in [0.15, 0.2) is 11.5 Å². The fraction of sp³-hybridized carbons (Fsp3) is 0.462. The summed E-state index contributed by atoms with van der Waals surface area (Å²) in [5.41, 5.74) is 0.867. The van der Waals surface area contributed by atoms with Crippen molar-refractivity contribution in [1.29, 1.82) is 0 Å². The van der Waals surface area contributed by atoms with Crippen LogP contribution in [0.5, 0.6) is 11.5 Å². The van der Waals surface area contributed by atoms with Crippen LogP contribution >= 0.6 is 0 Å². The van der Waals surface area contributed by atoms with Crippen molar-refractivity contribution in [3.8, 4) is 22.9 Å². The second-order valence-electron chi connectivity index (χ2n) is 4.01. The highest BCUT2D eigenvalue weighted by atomic mass is 16.5. The van der Waals surface area contributed by atoms with E-state index in [4.69, 9.17) is 9.47 Å². The van der Waals surface area contributed by atoms with Crippen LogP contribution in [0.15, 0.2) is 18.2 Å².